The molecule has 0 bridgehead atoms. The maximum absolute atomic E-state index is 12.8. The Hall–Kier alpha value is -1.13. The molecule has 108 valence electrons. The van der Waals surface area contributed by atoms with Crippen LogP contribution in [-0.4, -0.2) is 32.4 Å². The van der Waals surface area contributed by atoms with E-state index in [1.165, 1.54) is 14.2 Å². The Balaban J connectivity index is 2.28. The molecule has 0 aromatic heterocycles. The van der Waals surface area contributed by atoms with Gasteiger partial charge in [-0.3, -0.25) is 4.57 Å². The molecule has 5 nitrogen and oxygen atoms in total. The van der Waals surface area contributed by atoms with E-state index in [2.05, 4.69) is 0 Å². The summed E-state index contributed by atoms with van der Waals surface area (Å²) in [7, 11) is -0.788. The van der Waals surface area contributed by atoms with E-state index in [4.69, 9.17) is 9.05 Å². The van der Waals surface area contributed by atoms with Crippen LogP contribution in [0.4, 0.5) is 5.69 Å². The second-order valence-electron chi connectivity index (χ2n) is 5.17. The zero-order valence-electron chi connectivity index (χ0n) is 11.7. The van der Waals surface area contributed by atoms with E-state index < -0.39 is 7.60 Å². The van der Waals surface area contributed by atoms with Crippen LogP contribution in [0.25, 0.3) is 5.31 Å². The second kappa shape index (κ2) is 4.71. The average Bonchev–Trinajstić information content (AvgIpc) is 3.06. The Morgan fingerprint density at radius 3 is 2.35 bits per heavy atom. The van der Waals surface area contributed by atoms with Gasteiger partial charge in [-0.25, -0.2) is 4.48 Å². The lowest BCUT2D eigenvalue weighted by molar-refractivity contribution is 0.239. The summed E-state index contributed by atoms with van der Waals surface area (Å²) in [4.78, 5) is 0. The highest BCUT2D eigenvalue weighted by molar-refractivity contribution is 7.65. The Bertz CT molecular complexity index is 611. The lowest BCUT2D eigenvalue weighted by Crippen LogP contribution is -2.43. The van der Waals surface area contributed by atoms with Crippen LogP contribution in [0.3, 0.4) is 0 Å². The van der Waals surface area contributed by atoms with Gasteiger partial charge in [0.2, 0.25) is 0 Å². The Labute approximate surface area is 118 Å². The molecule has 0 unspecified atom stereocenters. The van der Waals surface area contributed by atoms with Gasteiger partial charge in [0.15, 0.2) is 5.31 Å². The summed E-state index contributed by atoms with van der Waals surface area (Å²) >= 11 is 0. The molecule has 2 heterocycles. The standard InChI is InChI=1S/C14H18NO4P/c1-18-20(17,19-2)13-11-7-3-4-8-12(11)15(14(13)16)9-5-6-10-15/h3-4,7-8H,5-6,9-10H2,1-2H3/p+1. The zero-order chi connectivity index (χ0) is 14.4. The summed E-state index contributed by atoms with van der Waals surface area (Å²) in [5, 5.41) is 11.1. The molecule has 1 N–H and O–H groups in total. The van der Waals surface area contributed by atoms with E-state index in [9.17, 15) is 9.67 Å². The quantitative estimate of drug-likeness (QED) is 0.685. The van der Waals surface area contributed by atoms with Crippen molar-refractivity contribution in [2.24, 2.45) is 0 Å². The number of nitrogens with zero attached hydrogens (tertiary/aromatic N) is 1. The van der Waals surface area contributed by atoms with Crippen molar-refractivity contribution < 1.29 is 18.7 Å². The van der Waals surface area contributed by atoms with Gasteiger partial charge in [-0.2, -0.15) is 0 Å². The van der Waals surface area contributed by atoms with Crippen LogP contribution in [0, 0.1) is 0 Å². The highest BCUT2D eigenvalue weighted by Gasteiger charge is 2.54. The van der Waals surface area contributed by atoms with Crippen LogP contribution < -0.4 is 4.48 Å². The summed E-state index contributed by atoms with van der Waals surface area (Å²) in [6.07, 6.45) is 2.08. The first-order chi connectivity index (χ1) is 9.59. The summed E-state index contributed by atoms with van der Waals surface area (Å²) in [6, 6.07) is 7.67. The molecule has 20 heavy (non-hydrogen) atoms. The largest absolute Gasteiger partial charge is 0.466 e. The first kappa shape index (κ1) is 13.8. The molecule has 2 aliphatic rings. The molecule has 1 aromatic rings. The maximum Gasteiger partial charge on any atom is 0.371 e. The molecular formula is C14H19NO4P+. The second-order valence-corrected chi connectivity index (χ2v) is 7.35. The summed E-state index contributed by atoms with van der Waals surface area (Å²) in [6.45, 7) is 1.64. The fourth-order valence-corrected chi connectivity index (χ4v) is 4.77. The van der Waals surface area contributed by atoms with Gasteiger partial charge in [-0.05, 0) is 6.07 Å². The van der Waals surface area contributed by atoms with E-state index in [-0.39, 0.29) is 5.88 Å². The third-order valence-electron chi connectivity index (χ3n) is 4.32. The van der Waals surface area contributed by atoms with Crippen LogP contribution in [0.2, 0.25) is 0 Å². The van der Waals surface area contributed by atoms with Gasteiger partial charge in [-0.1, -0.05) is 12.1 Å². The van der Waals surface area contributed by atoms with Crippen molar-refractivity contribution in [2.45, 2.75) is 12.8 Å². The minimum absolute atomic E-state index is 0.121. The van der Waals surface area contributed by atoms with Crippen molar-refractivity contribution in [1.29, 1.82) is 0 Å². The van der Waals surface area contributed by atoms with Gasteiger partial charge in [0, 0.05) is 33.1 Å². The Kier molecular flexibility index (Phi) is 3.26. The van der Waals surface area contributed by atoms with Gasteiger partial charge < -0.3 is 14.2 Å². The number of aliphatic hydroxyl groups is 1. The summed E-state index contributed by atoms with van der Waals surface area (Å²) in [5.74, 6) is 0.121. The molecule has 6 heteroatoms. The molecule has 0 atom stereocenters. The number of hydrogen-bond acceptors (Lipinski definition) is 4. The van der Waals surface area contributed by atoms with Crippen molar-refractivity contribution in [1.82, 2.24) is 4.48 Å². The molecular weight excluding hydrogens is 277 g/mol. The van der Waals surface area contributed by atoms with Crippen LogP contribution in [0.15, 0.2) is 30.1 Å². The molecule has 0 amide bonds. The Morgan fingerprint density at radius 2 is 1.75 bits per heavy atom. The fraction of sp³-hybridized carbons (Fsp3) is 0.429. The minimum atomic E-state index is -3.48. The number of fused-ring (bicyclic) bond motifs is 2. The topological polar surface area (TPSA) is 55.8 Å². The molecule has 1 aromatic carbocycles. The van der Waals surface area contributed by atoms with E-state index >= 15 is 0 Å². The predicted octanol–water partition coefficient (Wildman–Crippen LogP) is 3.47. The van der Waals surface area contributed by atoms with Crippen molar-refractivity contribution >= 4 is 18.6 Å². The van der Waals surface area contributed by atoms with Crippen LogP contribution in [0.1, 0.15) is 18.4 Å². The van der Waals surface area contributed by atoms with E-state index in [0.717, 1.165) is 37.2 Å². The number of hydrogen-bond donors (Lipinski definition) is 1. The number of benzene rings is 1. The lowest BCUT2D eigenvalue weighted by Gasteiger charge is -2.28. The van der Waals surface area contributed by atoms with Gasteiger partial charge in [0.05, 0.1) is 18.7 Å². The van der Waals surface area contributed by atoms with Gasteiger partial charge in [-0.15, -0.1) is 0 Å². The number of aliphatic hydroxyl groups excluding tert-OH is 1. The highest BCUT2D eigenvalue weighted by Crippen LogP contribution is 2.66. The SMILES string of the molecule is COP(=O)(OC)C1=C(O)[N+]2(CCCC2)c2ccccc21. The Morgan fingerprint density at radius 1 is 1.15 bits per heavy atom. The van der Waals surface area contributed by atoms with Crippen molar-refractivity contribution in [3.8, 4) is 0 Å². The van der Waals surface area contributed by atoms with Gasteiger partial charge >= 0.3 is 13.5 Å². The number of quaternary nitrogens is 1. The summed E-state index contributed by atoms with van der Waals surface area (Å²) in [5.41, 5.74) is 1.77. The zero-order valence-corrected chi connectivity index (χ0v) is 12.6. The molecule has 0 aliphatic carbocycles. The van der Waals surface area contributed by atoms with Gasteiger partial charge in [0.1, 0.15) is 5.69 Å². The lowest BCUT2D eigenvalue weighted by atomic mass is 10.2. The van der Waals surface area contributed by atoms with Crippen molar-refractivity contribution in [3.05, 3.63) is 35.7 Å². The molecule has 0 saturated carbocycles. The predicted molar refractivity (Wildman–Crippen MR) is 78.4 cm³/mol. The van der Waals surface area contributed by atoms with Crippen LogP contribution >= 0.6 is 7.60 Å². The molecule has 1 saturated heterocycles. The smallest absolute Gasteiger partial charge is 0.371 e. The molecule has 2 aliphatic heterocycles. The average molecular weight is 296 g/mol. The van der Waals surface area contributed by atoms with E-state index in [1.807, 2.05) is 24.3 Å². The molecule has 0 radical (unpaired) electrons. The first-order valence-corrected chi connectivity index (χ1v) is 8.26. The minimum Gasteiger partial charge on any atom is -0.466 e. The first-order valence-electron chi connectivity index (χ1n) is 6.72. The van der Waals surface area contributed by atoms with Crippen molar-refractivity contribution in [2.75, 3.05) is 27.3 Å². The number of para-hydroxylation sites is 1. The number of rotatable bonds is 3. The maximum atomic E-state index is 12.8. The van der Waals surface area contributed by atoms with Crippen LogP contribution in [0.5, 0.6) is 0 Å². The monoisotopic (exact) mass is 296 g/mol. The summed E-state index contributed by atoms with van der Waals surface area (Å²) < 4.78 is 23.4. The normalized spacial score (nSPS) is 20.7. The molecule has 3 rings (SSSR count). The third kappa shape index (κ3) is 1.64. The van der Waals surface area contributed by atoms with Crippen molar-refractivity contribution in [3.63, 3.8) is 0 Å². The third-order valence-corrected chi connectivity index (χ3v) is 6.27. The highest BCUT2D eigenvalue weighted by atomic mass is 31.2. The fourth-order valence-electron chi connectivity index (χ4n) is 3.34. The van der Waals surface area contributed by atoms with Crippen LogP contribution in [-0.2, 0) is 13.6 Å². The van der Waals surface area contributed by atoms with E-state index in [0.29, 0.717) is 9.80 Å². The van der Waals surface area contributed by atoms with E-state index in [1.54, 1.807) is 0 Å². The molecule has 1 spiro atoms. The van der Waals surface area contributed by atoms with Gasteiger partial charge in [0.25, 0.3) is 0 Å². The molecule has 1 fully saturated rings.